The minimum atomic E-state index is -4.35. The molecule has 1 aromatic rings. The molecule has 0 aliphatic carbocycles. The molecule has 86 valence electrons. The zero-order chi connectivity index (χ0) is 11.5. The lowest BCUT2D eigenvalue weighted by molar-refractivity contribution is -0.143. The number of alkyl halides is 3. The molecule has 0 fully saturated rings. The van der Waals surface area contributed by atoms with Gasteiger partial charge in [-0.1, -0.05) is 0 Å². The monoisotopic (exact) mass is 222 g/mol. The molecule has 0 saturated carbocycles. The highest BCUT2D eigenvalue weighted by Gasteiger charge is 2.34. The lowest BCUT2D eigenvalue weighted by Crippen LogP contribution is -2.22. The largest absolute Gasteiger partial charge is 0.433 e. The first-order valence-corrected chi connectivity index (χ1v) is 4.46. The van der Waals surface area contributed by atoms with Gasteiger partial charge in [-0.3, -0.25) is 4.68 Å². The Hall–Kier alpha value is -1.08. The van der Waals surface area contributed by atoms with Crippen molar-refractivity contribution in [3.05, 3.63) is 17.5 Å². The molecule has 0 aromatic carbocycles. The molecule has 1 aromatic heterocycles. The standard InChI is InChI=1S/C8H13F3N4/c1-15-7(8(9,10)11)4-6(14-15)5-13-3-2-12/h4,13H,2-3,5,12H2,1H3. The number of aromatic nitrogens is 2. The van der Waals surface area contributed by atoms with Gasteiger partial charge in [0.05, 0.1) is 5.69 Å². The second kappa shape index (κ2) is 4.63. The minimum Gasteiger partial charge on any atom is -0.329 e. The van der Waals surface area contributed by atoms with E-state index in [1.807, 2.05) is 0 Å². The summed E-state index contributed by atoms with van der Waals surface area (Å²) >= 11 is 0. The summed E-state index contributed by atoms with van der Waals surface area (Å²) < 4.78 is 37.9. The Morgan fingerprint density at radius 2 is 2.20 bits per heavy atom. The van der Waals surface area contributed by atoms with E-state index in [0.717, 1.165) is 10.7 Å². The number of hydrogen-bond acceptors (Lipinski definition) is 3. The van der Waals surface area contributed by atoms with Crippen molar-refractivity contribution in [1.82, 2.24) is 15.1 Å². The molecule has 7 heteroatoms. The molecule has 0 amide bonds. The molecule has 0 unspecified atom stereocenters. The highest BCUT2D eigenvalue weighted by atomic mass is 19.4. The molecule has 3 N–H and O–H groups in total. The summed E-state index contributed by atoms with van der Waals surface area (Å²) in [7, 11) is 1.27. The predicted molar refractivity (Wildman–Crippen MR) is 49.0 cm³/mol. The first-order chi connectivity index (χ1) is 6.95. The lowest BCUT2D eigenvalue weighted by Gasteiger charge is -2.04. The van der Waals surface area contributed by atoms with Crippen molar-refractivity contribution in [2.45, 2.75) is 12.7 Å². The fourth-order valence-corrected chi connectivity index (χ4v) is 1.20. The highest BCUT2D eigenvalue weighted by molar-refractivity contribution is 5.13. The van der Waals surface area contributed by atoms with Crippen molar-refractivity contribution in [1.29, 1.82) is 0 Å². The van der Waals surface area contributed by atoms with E-state index in [1.165, 1.54) is 7.05 Å². The summed E-state index contributed by atoms with van der Waals surface area (Å²) in [4.78, 5) is 0. The van der Waals surface area contributed by atoms with Crippen LogP contribution in [0.3, 0.4) is 0 Å². The maximum absolute atomic E-state index is 12.3. The van der Waals surface area contributed by atoms with E-state index >= 15 is 0 Å². The van der Waals surface area contributed by atoms with E-state index in [9.17, 15) is 13.2 Å². The quantitative estimate of drug-likeness (QED) is 0.729. The van der Waals surface area contributed by atoms with Crippen LogP contribution in [0.1, 0.15) is 11.4 Å². The smallest absolute Gasteiger partial charge is 0.329 e. The van der Waals surface area contributed by atoms with Gasteiger partial charge in [-0.25, -0.2) is 0 Å². The van der Waals surface area contributed by atoms with E-state index in [2.05, 4.69) is 10.4 Å². The number of nitrogens with two attached hydrogens (primary N) is 1. The molecule has 0 bridgehead atoms. The molecule has 0 radical (unpaired) electrons. The van der Waals surface area contributed by atoms with Crippen LogP contribution in [-0.4, -0.2) is 22.9 Å². The van der Waals surface area contributed by atoms with Crippen LogP contribution in [0, 0.1) is 0 Å². The maximum Gasteiger partial charge on any atom is 0.433 e. The molecule has 0 aliphatic heterocycles. The van der Waals surface area contributed by atoms with Crippen LogP contribution in [-0.2, 0) is 19.8 Å². The third-order valence-corrected chi connectivity index (χ3v) is 1.85. The van der Waals surface area contributed by atoms with Crippen molar-refractivity contribution in [2.24, 2.45) is 12.8 Å². The number of nitrogens with zero attached hydrogens (tertiary/aromatic N) is 2. The van der Waals surface area contributed by atoms with Gasteiger partial charge in [0.15, 0.2) is 0 Å². The molecule has 1 heterocycles. The normalized spacial score (nSPS) is 12.1. The van der Waals surface area contributed by atoms with E-state index in [-0.39, 0.29) is 0 Å². The Morgan fingerprint density at radius 3 is 2.67 bits per heavy atom. The third-order valence-electron chi connectivity index (χ3n) is 1.85. The van der Waals surface area contributed by atoms with Gasteiger partial charge >= 0.3 is 6.18 Å². The van der Waals surface area contributed by atoms with Crippen LogP contribution >= 0.6 is 0 Å². The van der Waals surface area contributed by atoms with Gasteiger partial charge in [-0.15, -0.1) is 0 Å². The summed E-state index contributed by atoms with van der Waals surface area (Å²) in [6.45, 7) is 1.29. The third kappa shape index (κ3) is 3.21. The van der Waals surface area contributed by atoms with Crippen LogP contribution in [0.15, 0.2) is 6.07 Å². The predicted octanol–water partition coefficient (Wildman–Crippen LogP) is 0.487. The van der Waals surface area contributed by atoms with Gasteiger partial charge in [0.25, 0.3) is 0 Å². The molecular weight excluding hydrogens is 209 g/mol. The highest BCUT2D eigenvalue weighted by Crippen LogP contribution is 2.29. The summed E-state index contributed by atoms with van der Waals surface area (Å²) in [5, 5.41) is 6.62. The van der Waals surface area contributed by atoms with Crippen molar-refractivity contribution >= 4 is 0 Å². The Bertz CT molecular complexity index is 318. The molecule has 0 saturated heterocycles. The first kappa shape index (κ1) is 12.0. The van der Waals surface area contributed by atoms with Gasteiger partial charge in [0.1, 0.15) is 5.69 Å². The number of halogens is 3. The summed E-state index contributed by atoms with van der Waals surface area (Å²) in [6, 6.07) is 1.03. The van der Waals surface area contributed by atoms with Crippen molar-refractivity contribution in [3.63, 3.8) is 0 Å². The number of nitrogens with one attached hydrogen (secondary N) is 1. The van der Waals surface area contributed by atoms with E-state index < -0.39 is 11.9 Å². The van der Waals surface area contributed by atoms with E-state index in [0.29, 0.717) is 25.3 Å². The van der Waals surface area contributed by atoms with Crippen molar-refractivity contribution in [3.8, 4) is 0 Å². The van der Waals surface area contributed by atoms with Crippen LogP contribution in [0.25, 0.3) is 0 Å². The zero-order valence-electron chi connectivity index (χ0n) is 8.30. The fraction of sp³-hybridized carbons (Fsp3) is 0.625. The number of aryl methyl sites for hydroxylation is 1. The molecular formula is C8H13F3N4. The minimum absolute atomic E-state index is 0.293. The van der Waals surface area contributed by atoms with Crippen LogP contribution < -0.4 is 11.1 Å². The summed E-state index contributed by atoms with van der Waals surface area (Å²) in [6.07, 6.45) is -4.35. The van der Waals surface area contributed by atoms with Crippen molar-refractivity contribution in [2.75, 3.05) is 13.1 Å². The van der Waals surface area contributed by atoms with Gasteiger partial charge in [0, 0.05) is 26.7 Å². The Morgan fingerprint density at radius 1 is 1.53 bits per heavy atom. The van der Waals surface area contributed by atoms with E-state index in [1.54, 1.807) is 0 Å². The SMILES string of the molecule is Cn1nc(CNCCN)cc1C(F)(F)F. The van der Waals surface area contributed by atoms with Gasteiger partial charge in [-0.2, -0.15) is 18.3 Å². The Kier molecular flexibility index (Phi) is 3.70. The average molecular weight is 222 g/mol. The first-order valence-electron chi connectivity index (χ1n) is 4.46. The summed E-state index contributed by atoms with van der Waals surface area (Å²) in [5.74, 6) is 0. The average Bonchev–Trinajstić information content (AvgIpc) is 2.47. The van der Waals surface area contributed by atoms with Crippen LogP contribution in [0.4, 0.5) is 13.2 Å². The fourth-order valence-electron chi connectivity index (χ4n) is 1.20. The lowest BCUT2D eigenvalue weighted by atomic mass is 10.3. The Labute approximate surface area is 85.2 Å². The number of hydrogen-bond donors (Lipinski definition) is 2. The van der Waals surface area contributed by atoms with Gasteiger partial charge in [-0.05, 0) is 6.07 Å². The van der Waals surface area contributed by atoms with Crippen LogP contribution in [0.2, 0.25) is 0 Å². The molecule has 4 nitrogen and oxygen atoms in total. The van der Waals surface area contributed by atoms with Crippen LogP contribution in [0.5, 0.6) is 0 Å². The topological polar surface area (TPSA) is 55.9 Å². The molecule has 15 heavy (non-hydrogen) atoms. The second-order valence-electron chi connectivity index (χ2n) is 3.11. The van der Waals surface area contributed by atoms with Gasteiger partial charge < -0.3 is 11.1 Å². The summed E-state index contributed by atoms with van der Waals surface area (Å²) in [5.41, 5.74) is 4.84. The number of rotatable bonds is 4. The maximum atomic E-state index is 12.3. The molecule has 1 rings (SSSR count). The Balaban J connectivity index is 2.69. The van der Waals surface area contributed by atoms with Crippen molar-refractivity contribution < 1.29 is 13.2 Å². The van der Waals surface area contributed by atoms with E-state index in [4.69, 9.17) is 5.73 Å². The molecule has 0 atom stereocenters. The zero-order valence-corrected chi connectivity index (χ0v) is 8.30. The second-order valence-corrected chi connectivity index (χ2v) is 3.11. The van der Waals surface area contributed by atoms with Gasteiger partial charge in [0.2, 0.25) is 0 Å². The molecule has 0 spiro atoms. The molecule has 0 aliphatic rings.